The van der Waals surface area contributed by atoms with Crippen molar-refractivity contribution in [3.8, 4) is 0 Å². The first-order valence-electron chi connectivity index (χ1n) is 12.9. The average Bonchev–Trinajstić information content (AvgIpc) is 2.90. The summed E-state index contributed by atoms with van der Waals surface area (Å²) in [7, 11) is 0. The van der Waals surface area contributed by atoms with E-state index in [0.717, 1.165) is 6.61 Å². The summed E-state index contributed by atoms with van der Waals surface area (Å²) < 4.78 is 16.1. The molecule has 0 heterocycles. The monoisotopic (exact) mass is 496 g/mol. The first kappa shape index (κ1) is 29.4. The average molecular weight is 497 g/mol. The minimum Gasteiger partial charge on any atom is -0.460 e. The number of rotatable bonds is 11. The molecule has 2 aromatic carbocycles. The molecular weight excluding hydrogens is 456 g/mol. The number of esters is 1. The molecule has 1 saturated carbocycles. The zero-order valence-electron chi connectivity index (χ0n) is 22.1. The molecule has 6 heteroatoms. The van der Waals surface area contributed by atoms with Gasteiger partial charge >= 0.3 is 5.97 Å². The summed E-state index contributed by atoms with van der Waals surface area (Å²) in [6.45, 7) is 8.73. The highest BCUT2D eigenvalue weighted by Gasteiger charge is 2.16. The second-order valence-corrected chi connectivity index (χ2v) is 9.11. The maximum Gasteiger partial charge on any atom is 0.338 e. The molecule has 36 heavy (non-hydrogen) atoms. The Morgan fingerprint density at radius 1 is 0.889 bits per heavy atom. The van der Waals surface area contributed by atoms with E-state index in [4.69, 9.17) is 14.2 Å². The van der Waals surface area contributed by atoms with Crippen molar-refractivity contribution in [3.63, 3.8) is 0 Å². The normalized spacial score (nSPS) is 14.3. The van der Waals surface area contributed by atoms with Gasteiger partial charge in [0.25, 0.3) is 0 Å². The van der Waals surface area contributed by atoms with Crippen molar-refractivity contribution in [1.29, 1.82) is 0 Å². The number of ether oxygens (including phenoxy) is 3. The molecule has 0 radical (unpaired) electrons. The molecule has 0 aromatic heterocycles. The molecule has 1 atom stereocenters. The smallest absolute Gasteiger partial charge is 0.338 e. The van der Waals surface area contributed by atoms with Crippen molar-refractivity contribution < 1.29 is 28.6 Å². The number of hydrogen-bond donors (Lipinski definition) is 0. The van der Waals surface area contributed by atoms with Gasteiger partial charge in [-0.25, -0.2) is 4.79 Å². The minimum absolute atomic E-state index is 0.149. The molecule has 3 rings (SSSR count). The maximum absolute atomic E-state index is 11.8. The molecule has 0 unspecified atom stereocenters. The van der Waals surface area contributed by atoms with Crippen molar-refractivity contribution in [2.45, 2.75) is 71.8 Å². The Hall–Kier alpha value is -2.83. The summed E-state index contributed by atoms with van der Waals surface area (Å²) in [6.07, 6.45) is 7.16. The van der Waals surface area contributed by atoms with Crippen LogP contribution in [0.15, 0.2) is 48.5 Å². The highest BCUT2D eigenvalue weighted by atomic mass is 16.6. The highest BCUT2D eigenvalue weighted by molar-refractivity contribution is 6.08. The van der Waals surface area contributed by atoms with Gasteiger partial charge in [-0.15, -0.1) is 0 Å². The fraction of sp³-hybridized carbons (Fsp3) is 0.500. The van der Waals surface area contributed by atoms with E-state index >= 15 is 0 Å². The van der Waals surface area contributed by atoms with E-state index in [-0.39, 0.29) is 29.3 Å². The molecule has 0 aliphatic heterocycles. The molecule has 0 N–H and O–H groups in total. The van der Waals surface area contributed by atoms with Gasteiger partial charge in [-0.05, 0) is 57.4 Å². The van der Waals surface area contributed by atoms with Crippen LogP contribution in [-0.4, -0.2) is 50.1 Å². The van der Waals surface area contributed by atoms with Crippen LogP contribution in [0.3, 0.4) is 0 Å². The number of Topliss-reactive ketones (excluding diaryl/α,β-unsaturated/α-hetero) is 2. The van der Waals surface area contributed by atoms with Gasteiger partial charge in [0.1, 0.15) is 6.61 Å². The van der Waals surface area contributed by atoms with Gasteiger partial charge in [-0.3, -0.25) is 9.59 Å². The molecule has 2 aromatic rings. The van der Waals surface area contributed by atoms with E-state index in [0.29, 0.717) is 30.8 Å². The van der Waals surface area contributed by atoms with Crippen molar-refractivity contribution in [2.75, 3.05) is 26.4 Å². The van der Waals surface area contributed by atoms with Crippen molar-refractivity contribution >= 4 is 17.5 Å². The van der Waals surface area contributed by atoms with Crippen LogP contribution in [0.2, 0.25) is 0 Å². The van der Waals surface area contributed by atoms with Gasteiger partial charge in [0.2, 0.25) is 0 Å². The van der Waals surface area contributed by atoms with Gasteiger partial charge in [-0.1, -0.05) is 56.5 Å². The predicted molar refractivity (Wildman–Crippen MR) is 141 cm³/mol. The zero-order valence-corrected chi connectivity index (χ0v) is 22.1. The second-order valence-electron chi connectivity index (χ2n) is 9.11. The third-order valence-corrected chi connectivity index (χ3v) is 6.18. The molecule has 0 saturated heterocycles. The third kappa shape index (κ3) is 10.0. The first-order valence-corrected chi connectivity index (χ1v) is 12.9. The Morgan fingerprint density at radius 2 is 1.56 bits per heavy atom. The lowest BCUT2D eigenvalue weighted by Crippen LogP contribution is -2.19. The Kier molecular flexibility index (Phi) is 13.1. The first-order chi connectivity index (χ1) is 17.3. The fourth-order valence-corrected chi connectivity index (χ4v) is 4.08. The zero-order chi connectivity index (χ0) is 26.3. The molecule has 0 spiro atoms. The Labute approximate surface area is 215 Å². The van der Waals surface area contributed by atoms with Crippen LogP contribution in [-0.2, 0) is 14.2 Å². The standard InChI is InChI=1S/C15H18O5.C15H22O/c1-4-19-7-8-20-15(18)12-5-6-13(10(2)16)14(9-12)11(3)17;1-13(14-8-4-2-5-9-14)12-16-15-10-6-3-7-11-15/h5-6,9H,4,7-8H2,1-3H3;2,4-5,8-9,13,15H,3,6-7,10-12H2,1H3/t;13-/m.1/s1. The lowest BCUT2D eigenvalue weighted by molar-refractivity contribution is 0.0220. The number of carbonyl (C=O) groups excluding carboxylic acids is 3. The molecule has 0 bridgehead atoms. The Morgan fingerprint density at radius 3 is 2.17 bits per heavy atom. The summed E-state index contributed by atoms with van der Waals surface area (Å²) in [5.74, 6) is -0.504. The summed E-state index contributed by atoms with van der Waals surface area (Å²) in [6, 6.07) is 15.0. The van der Waals surface area contributed by atoms with E-state index < -0.39 is 5.97 Å². The van der Waals surface area contributed by atoms with Crippen LogP contribution in [0.4, 0.5) is 0 Å². The minimum atomic E-state index is -0.540. The van der Waals surface area contributed by atoms with Gasteiger partial charge in [0.15, 0.2) is 11.6 Å². The molecule has 1 aliphatic rings. The van der Waals surface area contributed by atoms with E-state index in [9.17, 15) is 14.4 Å². The van der Waals surface area contributed by atoms with E-state index in [1.54, 1.807) is 0 Å². The molecule has 0 amide bonds. The molecule has 6 nitrogen and oxygen atoms in total. The van der Waals surface area contributed by atoms with Crippen LogP contribution >= 0.6 is 0 Å². The van der Waals surface area contributed by atoms with Gasteiger partial charge in [0, 0.05) is 23.7 Å². The summed E-state index contributed by atoms with van der Waals surface area (Å²) in [4.78, 5) is 34.7. The molecular formula is C30H40O6. The Balaban J connectivity index is 0.000000259. The quantitative estimate of drug-likeness (QED) is 0.203. The highest BCUT2D eigenvalue weighted by Crippen LogP contribution is 2.23. The topological polar surface area (TPSA) is 78.9 Å². The van der Waals surface area contributed by atoms with Crippen LogP contribution < -0.4 is 0 Å². The SMILES string of the molecule is CCOCCOC(=O)c1ccc(C(C)=O)c(C(C)=O)c1.C[C@H](COC1CCCCC1)c1ccccc1. The van der Waals surface area contributed by atoms with Crippen molar-refractivity contribution in [3.05, 3.63) is 70.8 Å². The van der Waals surface area contributed by atoms with Crippen LogP contribution in [0.5, 0.6) is 0 Å². The summed E-state index contributed by atoms with van der Waals surface area (Å²) >= 11 is 0. The number of hydrogen-bond acceptors (Lipinski definition) is 6. The predicted octanol–water partition coefficient (Wildman–Crippen LogP) is 6.42. The van der Waals surface area contributed by atoms with Crippen LogP contribution in [0.1, 0.15) is 102 Å². The number of ketones is 2. The number of benzene rings is 2. The van der Waals surface area contributed by atoms with E-state index in [1.165, 1.54) is 69.7 Å². The fourth-order valence-electron chi connectivity index (χ4n) is 4.08. The lowest BCUT2D eigenvalue weighted by atomic mass is 9.97. The summed E-state index contributed by atoms with van der Waals surface area (Å²) in [5.41, 5.74) is 2.18. The largest absolute Gasteiger partial charge is 0.460 e. The van der Waals surface area contributed by atoms with Gasteiger partial charge < -0.3 is 14.2 Å². The van der Waals surface area contributed by atoms with E-state index in [1.807, 2.05) is 6.92 Å². The maximum atomic E-state index is 11.8. The van der Waals surface area contributed by atoms with Gasteiger partial charge in [0.05, 0.1) is 24.9 Å². The molecule has 196 valence electrons. The second kappa shape index (κ2) is 16.0. The number of carbonyl (C=O) groups is 3. The lowest BCUT2D eigenvalue weighted by Gasteiger charge is -2.24. The third-order valence-electron chi connectivity index (χ3n) is 6.18. The van der Waals surface area contributed by atoms with E-state index in [2.05, 4.69) is 37.3 Å². The molecule has 1 aliphatic carbocycles. The molecule has 1 fully saturated rings. The summed E-state index contributed by atoms with van der Waals surface area (Å²) in [5, 5.41) is 0. The van der Waals surface area contributed by atoms with Crippen LogP contribution in [0, 0.1) is 0 Å². The van der Waals surface area contributed by atoms with Crippen molar-refractivity contribution in [1.82, 2.24) is 0 Å². The van der Waals surface area contributed by atoms with Crippen LogP contribution in [0.25, 0.3) is 0 Å². The Bertz CT molecular complexity index is 963. The van der Waals surface area contributed by atoms with Gasteiger partial charge in [-0.2, -0.15) is 0 Å². The van der Waals surface area contributed by atoms with Crippen molar-refractivity contribution in [2.24, 2.45) is 0 Å².